The number of likely N-dealkylation sites (tertiary alicyclic amines) is 1. The Morgan fingerprint density at radius 2 is 2.03 bits per heavy atom. The van der Waals surface area contributed by atoms with E-state index in [0.717, 1.165) is 31.7 Å². The second-order valence-corrected chi connectivity index (χ2v) is 8.48. The van der Waals surface area contributed by atoms with E-state index in [4.69, 9.17) is 4.74 Å². The number of halogens is 2. The van der Waals surface area contributed by atoms with Crippen LogP contribution in [0.4, 0.5) is 20.2 Å². The fourth-order valence-corrected chi connectivity index (χ4v) is 4.97. The smallest absolute Gasteiger partial charge is 0.274 e. The second-order valence-electron chi connectivity index (χ2n) is 8.48. The average molecular weight is 466 g/mol. The van der Waals surface area contributed by atoms with Crippen LogP contribution in [0.2, 0.25) is 0 Å². The molecule has 0 saturated carbocycles. The summed E-state index contributed by atoms with van der Waals surface area (Å²) in [6.45, 7) is 4.94. The summed E-state index contributed by atoms with van der Waals surface area (Å²) in [6.07, 6.45) is 2.44. The van der Waals surface area contributed by atoms with E-state index in [0.29, 0.717) is 17.8 Å². The first-order valence-electron chi connectivity index (χ1n) is 11.3. The Bertz CT molecular complexity index is 1240. The number of fused-ring (bicyclic) bond motifs is 2. The number of nitrogens with one attached hydrogen (secondary N) is 1. The van der Waals surface area contributed by atoms with Crippen molar-refractivity contribution in [3.8, 4) is 17.1 Å². The highest BCUT2D eigenvalue weighted by Gasteiger charge is 2.43. The zero-order valence-electron chi connectivity index (χ0n) is 19.0. The van der Waals surface area contributed by atoms with Crippen molar-refractivity contribution in [1.29, 1.82) is 0 Å². The number of ether oxygens (including phenoxy) is 1. The Morgan fingerprint density at radius 1 is 1.18 bits per heavy atom. The van der Waals surface area contributed by atoms with Crippen molar-refractivity contribution >= 4 is 17.3 Å². The maximum Gasteiger partial charge on any atom is 0.274 e. The first-order valence-corrected chi connectivity index (χ1v) is 11.3. The number of hydrogen-bond acceptors (Lipinski definition) is 6. The molecule has 2 aliphatic heterocycles. The predicted molar refractivity (Wildman–Crippen MR) is 125 cm³/mol. The number of anilines is 2. The van der Waals surface area contributed by atoms with Gasteiger partial charge in [-0.05, 0) is 49.4 Å². The third-order valence-corrected chi connectivity index (χ3v) is 6.58. The maximum atomic E-state index is 14.5. The van der Waals surface area contributed by atoms with Crippen LogP contribution in [0.1, 0.15) is 23.8 Å². The summed E-state index contributed by atoms with van der Waals surface area (Å²) in [5.41, 5.74) is 1.26. The topological polar surface area (TPSA) is 70.6 Å². The summed E-state index contributed by atoms with van der Waals surface area (Å²) in [4.78, 5) is 26.2. The van der Waals surface area contributed by atoms with Gasteiger partial charge in [0, 0.05) is 31.4 Å². The van der Waals surface area contributed by atoms with Crippen LogP contribution in [0, 0.1) is 11.6 Å². The molecule has 5 rings (SSSR count). The van der Waals surface area contributed by atoms with Gasteiger partial charge in [0.2, 0.25) is 0 Å². The number of nitrogens with zero attached hydrogens (tertiary/aromatic N) is 4. The molecule has 1 aromatic heterocycles. The summed E-state index contributed by atoms with van der Waals surface area (Å²) >= 11 is 0. The number of rotatable bonds is 6. The molecule has 1 N–H and O–H groups in total. The van der Waals surface area contributed by atoms with E-state index in [1.54, 1.807) is 12.1 Å². The Balaban J connectivity index is 1.42. The van der Waals surface area contributed by atoms with E-state index < -0.39 is 17.5 Å². The van der Waals surface area contributed by atoms with Gasteiger partial charge in [-0.3, -0.25) is 9.69 Å². The standard InChI is InChI=1S/C25H25F2N5O2/c1-3-31-13-17-12-16(31)14-32(17)21-8-7-15(26)11-20(21)30-25(33)19-9-10-28-24(29-19)23-18(27)5-4-6-22(23)34-2/h4-11,16-17H,3,12-14H2,1-2H3,(H,30,33)/t16-,17-/m1/s1. The molecule has 2 atom stereocenters. The van der Waals surface area contributed by atoms with E-state index >= 15 is 0 Å². The van der Waals surface area contributed by atoms with Crippen molar-refractivity contribution in [2.75, 3.05) is 37.0 Å². The molecule has 2 aliphatic rings. The number of amides is 1. The third kappa shape index (κ3) is 3.96. The molecule has 2 aromatic carbocycles. The van der Waals surface area contributed by atoms with E-state index in [9.17, 15) is 13.6 Å². The fraction of sp³-hybridized carbons (Fsp3) is 0.320. The maximum absolute atomic E-state index is 14.5. The number of methoxy groups -OCH3 is 1. The summed E-state index contributed by atoms with van der Waals surface area (Å²) in [7, 11) is 1.42. The number of piperazine rings is 1. The monoisotopic (exact) mass is 465 g/mol. The Morgan fingerprint density at radius 3 is 2.76 bits per heavy atom. The molecule has 1 amide bonds. The largest absolute Gasteiger partial charge is 0.496 e. The normalized spacial score (nSPS) is 19.5. The minimum Gasteiger partial charge on any atom is -0.496 e. The molecular weight excluding hydrogens is 440 g/mol. The van der Waals surface area contributed by atoms with Crippen LogP contribution in [-0.2, 0) is 0 Å². The second kappa shape index (κ2) is 8.98. The number of carbonyl (C=O) groups excluding carboxylic acids is 1. The molecule has 34 heavy (non-hydrogen) atoms. The highest BCUT2D eigenvalue weighted by Crippen LogP contribution is 2.38. The molecule has 2 saturated heterocycles. The molecule has 0 unspecified atom stereocenters. The van der Waals surface area contributed by atoms with E-state index in [1.165, 1.54) is 43.6 Å². The third-order valence-electron chi connectivity index (χ3n) is 6.58. The molecule has 7 nitrogen and oxygen atoms in total. The SMILES string of the molecule is CCN1C[C@H]2C[C@@H]1CN2c1ccc(F)cc1NC(=O)c1ccnc(-c2c(F)cccc2OC)n1. The highest BCUT2D eigenvalue weighted by atomic mass is 19.1. The van der Waals surface area contributed by atoms with Crippen molar-refractivity contribution in [1.82, 2.24) is 14.9 Å². The first kappa shape index (κ1) is 22.2. The quantitative estimate of drug-likeness (QED) is 0.594. The summed E-state index contributed by atoms with van der Waals surface area (Å²) in [5.74, 6) is -1.26. The molecule has 2 fully saturated rings. The van der Waals surface area contributed by atoms with Gasteiger partial charge in [0.25, 0.3) is 5.91 Å². The lowest BCUT2D eigenvalue weighted by atomic mass is 10.1. The number of aromatic nitrogens is 2. The van der Waals surface area contributed by atoms with Crippen LogP contribution in [0.25, 0.3) is 11.4 Å². The average Bonchev–Trinajstić information content (AvgIpc) is 3.45. The minimum atomic E-state index is -0.561. The van der Waals surface area contributed by atoms with Crippen molar-refractivity contribution in [3.05, 3.63) is 66.0 Å². The van der Waals surface area contributed by atoms with Gasteiger partial charge in [-0.1, -0.05) is 13.0 Å². The van der Waals surface area contributed by atoms with Crippen molar-refractivity contribution in [3.63, 3.8) is 0 Å². The van der Waals surface area contributed by atoms with Crippen LogP contribution in [0.3, 0.4) is 0 Å². The van der Waals surface area contributed by atoms with Gasteiger partial charge in [-0.25, -0.2) is 18.7 Å². The molecular formula is C25H25F2N5O2. The zero-order chi connectivity index (χ0) is 23.8. The zero-order valence-corrected chi connectivity index (χ0v) is 19.0. The molecule has 3 heterocycles. The van der Waals surface area contributed by atoms with Crippen LogP contribution < -0.4 is 15.0 Å². The molecule has 2 bridgehead atoms. The predicted octanol–water partition coefficient (Wildman–Crippen LogP) is 3.97. The molecule has 0 radical (unpaired) electrons. The summed E-state index contributed by atoms with van der Waals surface area (Å²) in [6, 6.07) is 11.0. The van der Waals surface area contributed by atoms with Crippen LogP contribution >= 0.6 is 0 Å². The van der Waals surface area contributed by atoms with Crippen molar-refractivity contribution < 1.29 is 18.3 Å². The number of carbonyl (C=O) groups is 1. The Labute approximate surface area is 196 Å². The summed E-state index contributed by atoms with van der Waals surface area (Å²) < 4.78 is 33.9. The molecule has 3 aromatic rings. The number of hydrogen-bond donors (Lipinski definition) is 1. The van der Waals surface area contributed by atoms with E-state index in [2.05, 4.69) is 32.0 Å². The van der Waals surface area contributed by atoms with Crippen LogP contribution in [0.5, 0.6) is 5.75 Å². The van der Waals surface area contributed by atoms with Gasteiger partial charge in [0.05, 0.1) is 24.0 Å². The highest BCUT2D eigenvalue weighted by molar-refractivity contribution is 6.05. The van der Waals surface area contributed by atoms with Gasteiger partial charge in [-0.15, -0.1) is 0 Å². The lowest BCUT2D eigenvalue weighted by Gasteiger charge is -2.36. The van der Waals surface area contributed by atoms with E-state index in [1.807, 2.05) is 0 Å². The van der Waals surface area contributed by atoms with Crippen LogP contribution in [0.15, 0.2) is 48.7 Å². The van der Waals surface area contributed by atoms with Gasteiger partial charge in [-0.2, -0.15) is 0 Å². The molecule has 0 spiro atoms. The lowest BCUT2D eigenvalue weighted by Crippen LogP contribution is -2.46. The van der Waals surface area contributed by atoms with Gasteiger partial charge < -0.3 is 15.0 Å². The molecule has 0 aliphatic carbocycles. The molecule has 9 heteroatoms. The van der Waals surface area contributed by atoms with Crippen LogP contribution in [-0.4, -0.2) is 59.6 Å². The fourth-order valence-electron chi connectivity index (χ4n) is 4.97. The Kier molecular flexibility index (Phi) is 5.87. The van der Waals surface area contributed by atoms with Crippen molar-refractivity contribution in [2.24, 2.45) is 0 Å². The van der Waals surface area contributed by atoms with Gasteiger partial charge in [0.1, 0.15) is 23.1 Å². The number of benzene rings is 2. The Hall–Kier alpha value is -3.59. The van der Waals surface area contributed by atoms with E-state index in [-0.39, 0.29) is 22.8 Å². The van der Waals surface area contributed by atoms with Crippen molar-refractivity contribution in [2.45, 2.75) is 25.4 Å². The number of likely N-dealkylation sites (N-methyl/N-ethyl adjacent to an activating group) is 1. The minimum absolute atomic E-state index is 0.0265. The van der Waals surface area contributed by atoms with Gasteiger partial charge >= 0.3 is 0 Å². The molecule has 176 valence electrons. The van der Waals surface area contributed by atoms with Gasteiger partial charge in [0.15, 0.2) is 5.82 Å². The lowest BCUT2D eigenvalue weighted by molar-refractivity contribution is 0.102. The summed E-state index contributed by atoms with van der Waals surface area (Å²) in [5, 5.41) is 2.80. The first-order chi connectivity index (χ1) is 16.5.